The number of imide groups is 1. The fraction of sp³-hybridized carbons (Fsp3) is 0.450. The smallest absolute Gasteiger partial charge is 0.327 e. The molecule has 4 amide bonds. The number of urea groups is 1. The number of nitrogens with zero attached hydrogens (tertiary/aromatic N) is 3. The van der Waals surface area contributed by atoms with E-state index in [1.54, 1.807) is 9.80 Å². The number of hydrogen-bond acceptors (Lipinski definition) is 4. The maximum atomic E-state index is 13.6. The molecule has 0 spiro atoms. The zero-order valence-corrected chi connectivity index (χ0v) is 16.1. The SMILES string of the molecule is COCCN1C(=O)CN(C2CCN(C(=O)C=Cc3cc(F)ccc3F)CC2)C1=O. The average molecular weight is 407 g/mol. The number of amides is 4. The maximum Gasteiger partial charge on any atom is 0.327 e. The van der Waals surface area contributed by atoms with Crippen LogP contribution in [0, 0.1) is 11.6 Å². The van der Waals surface area contributed by atoms with Gasteiger partial charge in [-0.15, -0.1) is 0 Å². The molecule has 1 aromatic rings. The average Bonchev–Trinajstić information content (AvgIpc) is 3.00. The van der Waals surface area contributed by atoms with Gasteiger partial charge in [0.15, 0.2) is 0 Å². The molecule has 0 saturated carbocycles. The van der Waals surface area contributed by atoms with Gasteiger partial charge in [-0.2, -0.15) is 0 Å². The van der Waals surface area contributed by atoms with Crippen molar-refractivity contribution in [2.45, 2.75) is 18.9 Å². The van der Waals surface area contributed by atoms with Crippen LogP contribution >= 0.6 is 0 Å². The van der Waals surface area contributed by atoms with Crippen molar-refractivity contribution in [1.29, 1.82) is 0 Å². The zero-order chi connectivity index (χ0) is 21.0. The fourth-order valence-electron chi connectivity index (χ4n) is 3.56. The monoisotopic (exact) mass is 407 g/mol. The molecule has 1 aromatic carbocycles. The Morgan fingerprint density at radius 1 is 1.24 bits per heavy atom. The minimum Gasteiger partial charge on any atom is -0.383 e. The number of piperidine rings is 1. The van der Waals surface area contributed by atoms with Crippen molar-refractivity contribution in [2.75, 3.05) is 39.9 Å². The van der Waals surface area contributed by atoms with Crippen molar-refractivity contribution in [3.05, 3.63) is 41.5 Å². The van der Waals surface area contributed by atoms with Gasteiger partial charge in [0.1, 0.15) is 18.2 Å². The van der Waals surface area contributed by atoms with E-state index in [1.165, 1.54) is 24.2 Å². The van der Waals surface area contributed by atoms with Gasteiger partial charge in [-0.1, -0.05) is 0 Å². The predicted octanol–water partition coefficient (Wildman–Crippen LogP) is 1.88. The Morgan fingerprint density at radius 3 is 2.66 bits per heavy atom. The van der Waals surface area contributed by atoms with E-state index in [4.69, 9.17) is 4.74 Å². The van der Waals surface area contributed by atoms with Gasteiger partial charge in [0, 0.05) is 37.9 Å². The van der Waals surface area contributed by atoms with Crippen LogP contribution in [0.1, 0.15) is 18.4 Å². The lowest BCUT2D eigenvalue weighted by atomic mass is 10.0. The lowest BCUT2D eigenvalue weighted by molar-refractivity contribution is -0.128. The molecule has 0 bridgehead atoms. The van der Waals surface area contributed by atoms with E-state index in [9.17, 15) is 23.2 Å². The molecule has 2 aliphatic rings. The molecule has 0 aliphatic carbocycles. The summed E-state index contributed by atoms with van der Waals surface area (Å²) in [5.74, 6) is -1.74. The Labute approximate surface area is 167 Å². The highest BCUT2D eigenvalue weighted by Crippen LogP contribution is 2.22. The van der Waals surface area contributed by atoms with Crippen molar-refractivity contribution in [3.63, 3.8) is 0 Å². The lowest BCUT2D eigenvalue weighted by Crippen LogP contribution is -2.47. The third-order valence-corrected chi connectivity index (χ3v) is 5.18. The van der Waals surface area contributed by atoms with Crippen LogP contribution in [0.5, 0.6) is 0 Å². The molecule has 7 nitrogen and oxygen atoms in total. The minimum atomic E-state index is -0.607. The van der Waals surface area contributed by atoms with Gasteiger partial charge in [0.25, 0.3) is 0 Å². The first-order valence-corrected chi connectivity index (χ1v) is 9.42. The molecule has 2 fully saturated rings. The van der Waals surface area contributed by atoms with Crippen LogP contribution in [0.3, 0.4) is 0 Å². The summed E-state index contributed by atoms with van der Waals surface area (Å²) in [4.78, 5) is 41.2. The number of likely N-dealkylation sites (tertiary alicyclic amines) is 1. The van der Waals surface area contributed by atoms with Crippen LogP contribution in [-0.2, 0) is 14.3 Å². The maximum absolute atomic E-state index is 13.6. The van der Waals surface area contributed by atoms with Gasteiger partial charge in [0.2, 0.25) is 11.8 Å². The molecule has 29 heavy (non-hydrogen) atoms. The van der Waals surface area contributed by atoms with Gasteiger partial charge < -0.3 is 14.5 Å². The van der Waals surface area contributed by atoms with Crippen LogP contribution in [-0.4, -0.2) is 78.5 Å². The summed E-state index contributed by atoms with van der Waals surface area (Å²) in [6.07, 6.45) is 3.56. The van der Waals surface area contributed by atoms with Gasteiger partial charge in [-0.05, 0) is 37.1 Å². The van der Waals surface area contributed by atoms with Crippen LogP contribution in [0.25, 0.3) is 6.08 Å². The number of halogens is 2. The molecule has 2 saturated heterocycles. The molecular formula is C20H23F2N3O4. The Morgan fingerprint density at radius 2 is 1.97 bits per heavy atom. The van der Waals surface area contributed by atoms with Crippen LogP contribution in [0.15, 0.2) is 24.3 Å². The van der Waals surface area contributed by atoms with Gasteiger partial charge in [-0.3, -0.25) is 14.5 Å². The molecule has 156 valence electrons. The van der Waals surface area contributed by atoms with Crippen LogP contribution in [0.4, 0.5) is 13.6 Å². The molecule has 0 N–H and O–H groups in total. The molecule has 0 aromatic heterocycles. The second kappa shape index (κ2) is 9.13. The first-order chi connectivity index (χ1) is 13.9. The standard InChI is InChI=1S/C20H23F2N3O4/c1-29-11-10-24-19(27)13-25(20(24)28)16-6-8-23(9-7-16)18(26)5-2-14-12-15(21)3-4-17(14)22/h2-5,12,16H,6-11,13H2,1H3. The van der Waals surface area contributed by atoms with Gasteiger partial charge in [-0.25, -0.2) is 13.6 Å². The van der Waals surface area contributed by atoms with Crippen LogP contribution < -0.4 is 0 Å². The van der Waals surface area contributed by atoms with Crippen molar-refractivity contribution < 1.29 is 27.9 Å². The summed E-state index contributed by atoms with van der Waals surface area (Å²) in [5.41, 5.74) is 0.00515. The Balaban J connectivity index is 1.54. The number of carbonyl (C=O) groups excluding carboxylic acids is 3. The van der Waals surface area contributed by atoms with Gasteiger partial charge >= 0.3 is 6.03 Å². The topological polar surface area (TPSA) is 70.2 Å². The third-order valence-electron chi connectivity index (χ3n) is 5.18. The van der Waals surface area contributed by atoms with E-state index in [0.29, 0.717) is 25.9 Å². The number of methoxy groups -OCH3 is 1. The number of carbonyl (C=O) groups is 3. The number of hydrogen-bond donors (Lipinski definition) is 0. The number of benzene rings is 1. The highest BCUT2D eigenvalue weighted by atomic mass is 19.1. The Hall–Kier alpha value is -2.81. The first kappa shape index (κ1) is 20.9. The van der Waals surface area contributed by atoms with E-state index in [2.05, 4.69) is 0 Å². The molecule has 2 heterocycles. The zero-order valence-electron chi connectivity index (χ0n) is 16.1. The third kappa shape index (κ3) is 4.79. The molecule has 3 rings (SSSR count). The Kier molecular flexibility index (Phi) is 6.58. The number of rotatable bonds is 6. The van der Waals surface area contributed by atoms with Crippen molar-refractivity contribution in [3.8, 4) is 0 Å². The summed E-state index contributed by atoms with van der Waals surface area (Å²) in [5, 5.41) is 0. The quantitative estimate of drug-likeness (QED) is 0.533. The summed E-state index contributed by atoms with van der Waals surface area (Å²) in [6.45, 7) is 1.38. The molecule has 0 unspecified atom stereocenters. The molecular weight excluding hydrogens is 384 g/mol. The second-order valence-electron chi connectivity index (χ2n) is 7.00. The minimum absolute atomic E-state index is 0.00515. The first-order valence-electron chi connectivity index (χ1n) is 9.42. The summed E-state index contributed by atoms with van der Waals surface area (Å²) >= 11 is 0. The fourth-order valence-corrected chi connectivity index (χ4v) is 3.56. The van der Waals surface area contributed by atoms with E-state index in [0.717, 1.165) is 18.2 Å². The highest BCUT2D eigenvalue weighted by molar-refractivity contribution is 6.02. The van der Waals surface area contributed by atoms with Crippen molar-refractivity contribution in [1.82, 2.24) is 14.7 Å². The number of ether oxygens (including phenoxy) is 1. The Bertz CT molecular complexity index is 822. The van der Waals surface area contributed by atoms with Gasteiger partial charge in [0.05, 0.1) is 13.2 Å². The van der Waals surface area contributed by atoms with Crippen molar-refractivity contribution >= 4 is 23.9 Å². The molecule has 0 radical (unpaired) electrons. The van der Waals surface area contributed by atoms with Crippen molar-refractivity contribution in [2.24, 2.45) is 0 Å². The largest absolute Gasteiger partial charge is 0.383 e. The predicted molar refractivity (Wildman–Crippen MR) is 101 cm³/mol. The molecule has 9 heteroatoms. The summed E-state index contributed by atoms with van der Waals surface area (Å²) in [6, 6.07) is 2.61. The van der Waals surface area contributed by atoms with E-state index >= 15 is 0 Å². The van der Waals surface area contributed by atoms with E-state index in [1.807, 2.05) is 0 Å². The summed E-state index contributed by atoms with van der Waals surface area (Å²) in [7, 11) is 1.51. The highest BCUT2D eigenvalue weighted by Gasteiger charge is 2.40. The van der Waals surface area contributed by atoms with E-state index in [-0.39, 0.29) is 49.1 Å². The second-order valence-corrected chi connectivity index (χ2v) is 7.00. The van der Waals surface area contributed by atoms with E-state index < -0.39 is 11.6 Å². The molecule has 0 atom stereocenters. The normalized spacial score (nSPS) is 18.4. The molecule has 2 aliphatic heterocycles. The summed E-state index contributed by atoms with van der Waals surface area (Å²) < 4.78 is 31.8. The van der Waals surface area contributed by atoms with Crippen LogP contribution in [0.2, 0.25) is 0 Å². The lowest BCUT2D eigenvalue weighted by Gasteiger charge is -2.35.